The first-order valence-corrected chi connectivity index (χ1v) is 6.46. The van der Waals surface area contributed by atoms with E-state index in [9.17, 15) is 10.2 Å². The van der Waals surface area contributed by atoms with Crippen LogP contribution in [0, 0.1) is 0 Å². The topological polar surface area (TPSA) is 52.5 Å². The van der Waals surface area contributed by atoms with E-state index < -0.39 is 0 Å². The van der Waals surface area contributed by atoms with Crippen LogP contribution in [0.3, 0.4) is 0 Å². The van der Waals surface area contributed by atoms with Crippen molar-refractivity contribution in [2.45, 2.75) is 13.0 Å². The van der Waals surface area contributed by atoms with Crippen molar-refractivity contribution in [2.24, 2.45) is 0 Å². The molecule has 0 radical (unpaired) electrons. The van der Waals surface area contributed by atoms with Gasteiger partial charge in [0.05, 0.1) is 10.0 Å². The summed E-state index contributed by atoms with van der Waals surface area (Å²) in [5.41, 5.74) is 1.58. The van der Waals surface area contributed by atoms with Crippen molar-refractivity contribution in [3.63, 3.8) is 0 Å². The number of phenolic OH excluding ortho intramolecular Hbond substituents is 2. The molecule has 1 atom stereocenters. The molecule has 100 valence electrons. The van der Waals surface area contributed by atoms with Crippen molar-refractivity contribution in [1.29, 1.82) is 0 Å². The van der Waals surface area contributed by atoms with Crippen LogP contribution >= 0.6 is 23.2 Å². The fourth-order valence-electron chi connectivity index (χ4n) is 1.79. The highest BCUT2D eigenvalue weighted by atomic mass is 35.5. The number of halogens is 2. The van der Waals surface area contributed by atoms with Gasteiger partial charge in [0.25, 0.3) is 0 Å². The molecule has 2 rings (SSSR count). The molecule has 0 aromatic heterocycles. The number of aromatic hydroxyl groups is 2. The summed E-state index contributed by atoms with van der Waals surface area (Å²) in [4.78, 5) is 0. The van der Waals surface area contributed by atoms with Gasteiger partial charge in [-0.15, -0.1) is 0 Å². The Morgan fingerprint density at radius 2 is 1.58 bits per heavy atom. The molecule has 1 unspecified atom stereocenters. The highest BCUT2D eigenvalue weighted by molar-refractivity contribution is 6.42. The Balaban J connectivity index is 2.20. The molecule has 5 heteroatoms. The summed E-state index contributed by atoms with van der Waals surface area (Å²) >= 11 is 11.8. The average Bonchev–Trinajstić information content (AvgIpc) is 2.32. The zero-order chi connectivity index (χ0) is 14.0. The van der Waals surface area contributed by atoms with Crippen LogP contribution < -0.4 is 5.32 Å². The van der Waals surface area contributed by atoms with Gasteiger partial charge in [-0.3, -0.25) is 0 Å². The number of rotatable bonds is 3. The summed E-state index contributed by atoms with van der Waals surface area (Å²) < 4.78 is 0. The van der Waals surface area contributed by atoms with Crippen molar-refractivity contribution >= 4 is 28.9 Å². The van der Waals surface area contributed by atoms with Crippen LogP contribution in [0.15, 0.2) is 36.4 Å². The second-order valence-corrected chi connectivity index (χ2v) is 5.09. The third-order valence-electron chi connectivity index (χ3n) is 2.73. The SMILES string of the molecule is CC(Nc1ccc(Cl)c(Cl)c1)c1cc(O)cc(O)c1. The van der Waals surface area contributed by atoms with Crippen molar-refractivity contribution in [3.8, 4) is 11.5 Å². The third kappa shape index (κ3) is 3.46. The molecule has 0 saturated heterocycles. The van der Waals surface area contributed by atoms with Crippen molar-refractivity contribution in [3.05, 3.63) is 52.0 Å². The van der Waals surface area contributed by atoms with E-state index in [0.29, 0.717) is 10.0 Å². The van der Waals surface area contributed by atoms with E-state index in [0.717, 1.165) is 11.3 Å². The molecule has 0 fully saturated rings. The van der Waals surface area contributed by atoms with E-state index in [2.05, 4.69) is 5.32 Å². The lowest BCUT2D eigenvalue weighted by molar-refractivity contribution is 0.448. The Hall–Kier alpha value is -1.58. The zero-order valence-corrected chi connectivity index (χ0v) is 11.7. The Bertz CT molecular complexity index is 582. The first kappa shape index (κ1) is 13.8. The van der Waals surface area contributed by atoms with Gasteiger partial charge in [0, 0.05) is 17.8 Å². The normalized spacial score (nSPS) is 12.2. The Morgan fingerprint density at radius 1 is 0.947 bits per heavy atom. The fraction of sp³-hybridized carbons (Fsp3) is 0.143. The molecule has 0 heterocycles. The molecule has 2 aromatic rings. The second kappa shape index (κ2) is 5.59. The number of anilines is 1. The summed E-state index contributed by atoms with van der Waals surface area (Å²) in [7, 11) is 0. The molecule has 2 aromatic carbocycles. The predicted octanol–water partition coefficient (Wildman–Crippen LogP) is 4.58. The molecule has 0 saturated carbocycles. The molecule has 3 N–H and O–H groups in total. The summed E-state index contributed by atoms with van der Waals surface area (Å²) in [6.45, 7) is 1.91. The van der Waals surface area contributed by atoms with Crippen LogP contribution in [0.4, 0.5) is 5.69 Å². The number of benzene rings is 2. The van der Waals surface area contributed by atoms with Gasteiger partial charge in [-0.2, -0.15) is 0 Å². The lowest BCUT2D eigenvalue weighted by atomic mass is 10.1. The summed E-state index contributed by atoms with van der Waals surface area (Å²) in [6, 6.07) is 9.62. The van der Waals surface area contributed by atoms with Gasteiger partial charge >= 0.3 is 0 Å². The van der Waals surface area contributed by atoms with E-state index in [-0.39, 0.29) is 17.5 Å². The molecule has 0 aliphatic carbocycles. The van der Waals surface area contributed by atoms with Crippen molar-refractivity contribution in [2.75, 3.05) is 5.32 Å². The summed E-state index contributed by atoms with van der Waals surface area (Å²) in [6.07, 6.45) is 0. The molecule has 0 spiro atoms. The fourth-order valence-corrected chi connectivity index (χ4v) is 2.09. The molecule has 0 bridgehead atoms. The van der Waals surface area contributed by atoms with E-state index in [1.54, 1.807) is 24.3 Å². The van der Waals surface area contributed by atoms with Gasteiger partial charge < -0.3 is 15.5 Å². The van der Waals surface area contributed by atoms with Gasteiger partial charge in [0.1, 0.15) is 11.5 Å². The molecular weight excluding hydrogens is 285 g/mol. The van der Waals surface area contributed by atoms with E-state index in [1.807, 2.05) is 13.0 Å². The van der Waals surface area contributed by atoms with E-state index >= 15 is 0 Å². The predicted molar refractivity (Wildman–Crippen MR) is 78.3 cm³/mol. The number of nitrogens with one attached hydrogen (secondary N) is 1. The number of hydrogen-bond acceptors (Lipinski definition) is 3. The minimum absolute atomic E-state index is 0.0257. The van der Waals surface area contributed by atoms with Crippen molar-refractivity contribution < 1.29 is 10.2 Å². The lowest BCUT2D eigenvalue weighted by Crippen LogP contribution is -2.06. The minimum atomic E-state index is -0.102. The molecule has 0 aliphatic heterocycles. The van der Waals surface area contributed by atoms with E-state index in [1.165, 1.54) is 6.07 Å². The van der Waals surface area contributed by atoms with Crippen LogP contribution in [0.1, 0.15) is 18.5 Å². The highest BCUT2D eigenvalue weighted by Gasteiger charge is 2.09. The second-order valence-electron chi connectivity index (χ2n) is 4.28. The number of phenols is 2. The maximum atomic E-state index is 9.46. The molecular formula is C14H13Cl2NO2. The quantitative estimate of drug-likeness (QED) is 0.777. The van der Waals surface area contributed by atoms with Crippen LogP contribution in [0.5, 0.6) is 11.5 Å². The van der Waals surface area contributed by atoms with Gasteiger partial charge in [0.2, 0.25) is 0 Å². The van der Waals surface area contributed by atoms with Crippen LogP contribution in [0.25, 0.3) is 0 Å². The summed E-state index contributed by atoms with van der Waals surface area (Å²) in [5.74, 6) is 0.0515. The Labute approximate surface area is 121 Å². The van der Waals surface area contributed by atoms with Gasteiger partial charge in [-0.1, -0.05) is 23.2 Å². The minimum Gasteiger partial charge on any atom is -0.508 e. The van der Waals surface area contributed by atoms with Crippen molar-refractivity contribution in [1.82, 2.24) is 0 Å². The largest absolute Gasteiger partial charge is 0.508 e. The van der Waals surface area contributed by atoms with Gasteiger partial charge in [0.15, 0.2) is 0 Å². The first-order valence-electron chi connectivity index (χ1n) is 5.70. The molecule has 3 nitrogen and oxygen atoms in total. The monoisotopic (exact) mass is 297 g/mol. The Morgan fingerprint density at radius 3 is 2.16 bits per heavy atom. The standard InChI is InChI=1S/C14H13Cl2NO2/c1-8(9-4-11(18)7-12(19)5-9)17-10-2-3-13(15)14(16)6-10/h2-8,17-19H,1H3. The lowest BCUT2D eigenvalue weighted by Gasteiger charge is -2.16. The van der Waals surface area contributed by atoms with Crippen LogP contribution in [-0.2, 0) is 0 Å². The smallest absolute Gasteiger partial charge is 0.119 e. The zero-order valence-electron chi connectivity index (χ0n) is 10.2. The van der Waals surface area contributed by atoms with Gasteiger partial charge in [-0.25, -0.2) is 0 Å². The van der Waals surface area contributed by atoms with E-state index in [4.69, 9.17) is 23.2 Å². The maximum Gasteiger partial charge on any atom is 0.119 e. The molecule has 0 aliphatic rings. The summed E-state index contributed by atoms with van der Waals surface area (Å²) in [5, 5.41) is 23.1. The average molecular weight is 298 g/mol. The number of hydrogen-bond donors (Lipinski definition) is 3. The van der Waals surface area contributed by atoms with Crippen LogP contribution in [0.2, 0.25) is 10.0 Å². The molecule has 19 heavy (non-hydrogen) atoms. The van der Waals surface area contributed by atoms with Crippen LogP contribution in [-0.4, -0.2) is 10.2 Å². The first-order chi connectivity index (χ1) is 8.95. The Kier molecular flexibility index (Phi) is 4.08. The highest BCUT2D eigenvalue weighted by Crippen LogP contribution is 2.29. The van der Waals surface area contributed by atoms with Gasteiger partial charge in [-0.05, 0) is 42.8 Å². The maximum absolute atomic E-state index is 9.46. The molecule has 0 amide bonds. The third-order valence-corrected chi connectivity index (χ3v) is 3.47.